The van der Waals surface area contributed by atoms with Crippen molar-refractivity contribution in [1.82, 2.24) is 0 Å². The topological polar surface area (TPSA) is 115 Å². The molecule has 0 aliphatic carbocycles. The van der Waals surface area contributed by atoms with Gasteiger partial charge in [-0.1, -0.05) is 12.1 Å². The number of fused-ring (bicyclic) bond motifs is 1. The molecule has 2 aromatic rings. The molecule has 148 valence electrons. The van der Waals surface area contributed by atoms with Crippen LogP contribution in [0.2, 0.25) is 0 Å². The molecule has 2 heterocycles. The lowest BCUT2D eigenvalue weighted by atomic mass is 9.77. The summed E-state index contributed by atoms with van der Waals surface area (Å²) in [5.74, 6) is 0.372. The van der Waals surface area contributed by atoms with Gasteiger partial charge >= 0.3 is 5.97 Å². The van der Waals surface area contributed by atoms with Crippen LogP contribution in [-0.2, 0) is 22.4 Å². The van der Waals surface area contributed by atoms with E-state index >= 15 is 0 Å². The second-order valence-corrected chi connectivity index (χ2v) is 7.02. The van der Waals surface area contributed by atoms with Crippen molar-refractivity contribution in [3.8, 4) is 23.0 Å². The lowest BCUT2D eigenvalue weighted by Crippen LogP contribution is -2.58. The summed E-state index contributed by atoms with van der Waals surface area (Å²) in [4.78, 5) is 12.4. The summed E-state index contributed by atoms with van der Waals surface area (Å²) in [6.07, 6.45) is -0.232. The number of esters is 1. The number of aliphatic hydroxyl groups is 2. The van der Waals surface area contributed by atoms with Crippen molar-refractivity contribution < 1.29 is 39.1 Å². The minimum Gasteiger partial charge on any atom is -0.504 e. The predicted molar refractivity (Wildman–Crippen MR) is 95.5 cm³/mol. The van der Waals surface area contributed by atoms with Gasteiger partial charge in [0.15, 0.2) is 28.6 Å². The Hall–Kier alpha value is -2.97. The van der Waals surface area contributed by atoms with Gasteiger partial charge in [0.2, 0.25) is 6.79 Å². The molecule has 2 aliphatic heterocycles. The van der Waals surface area contributed by atoms with Gasteiger partial charge in [-0.25, -0.2) is 4.79 Å². The molecule has 3 N–H and O–H groups in total. The molecule has 2 atom stereocenters. The number of carbonyl (C=O) groups is 1. The number of carbonyl (C=O) groups excluding carboxylic acids is 1. The molecule has 0 unspecified atom stereocenters. The van der Waals surface area contributed by atoms with Gasteiger partial charge in [0.05, 0.1) is 7.11 Å². The number of hydrogen-bond acceptors (Lipinski definition) is 8. The van der Waals surface area contributed by atoms with E-state index in [9.17, 15) is 20.1 Å². The van der Waals surface area contributed by atoms with E-state index < -0.39 is 17.2 Å². The van der Waals surface area contributed by atoms with Crippen molar-refractivity contribution in [2.75, 3.05) is 20.5 Å². The third-order valence-electron chi connectivity index (χ3n) is 5.19. The lowest BCUT2D eigenvalue weighted by molar-refractivity contribution is -0.163. The van der Waals surface area contributed by atoms with Gasteiger partial charge in [-0.15, -0.1) is 0 Å². The summed E-state index contributed by atoms with van der Waals surface area (Å²) in [5.41, 5.74) is -2.85. The second kappa shape index (κ2) is 6.57. The Kier molecular flexibility index (Phi) is 4.32. The zero-order chi connectivity index (χ0) is 19.9. The summed E-state index contributed by atoms with van der Waals surface area (Å²) in [6, 6.07) is 9.59. The maximum Gasteiger partial charge on any atom is 0.341 e. The Balaban J connectivity index is 1.63. The van der Waals surface area contributed by atoms with Crippen molar-refractivity contribution in [2.24, 2.45) is 0 Å². The number of aromatic hydroxyl groups is 1. The Morgan fingerprint density at radius 1 is 1.00 bits per heavy atom. The second-order valence-electron chi connectivity index (χ2n) is 7.02. The lowest BCUT2D eigenvalue weighted by Gasteiger charge is -2.33. The molecule has 0 spiro atoms. The van der Waals surface area contributed by atoms with Crippen molar-refractivity contribution in [3.05, 3.63) is 47.5 Å². The van der Waals surface area contributed by atoms with Gasteiger partial charge in [-0.3, -0.25) is 0 Å². The number of ether oxygens (including phenoxy) is 4. The van der Waals surface area contributed by atoms with E-state index in [0.717, 1.165) is 0 Å². The summed E-state index contributed by atoms with van der Waals surface area (Å²) in [5, 5.41) is 32.0. The predicted octanol–water partition coefficient (Wildman–Crippen LogP) is 0.934. The maximum absolute atomic E-state index is 12.4. The highest BCUT2D eigenvalue weighted by Crippen LogP contribution is 2.40. The first kappa shape index (κ1) is 18.4. The molecular weight excluding hydrogens is 368 g/mol. The fourth-order valence-corrected chi connectivity index (χ4v) is 3.56. The van der Waals surface area contributed by atoms with Gasteiger partial charge in [0, 0.05) is 12.8 Å². The first-order valence-corrected chi connectivity index (χ1v) is 8.71. The van der Waals surface area contributed by atoms with Crippen LogP contribution in [0, 0.1) is 0 Å². The van der Waals surface area contributed by atoms with Crippen molar-refractivity contribution >= 4 is 5.97 Å². The number of benzene rings is 2. The fourth-order valence-electron chi connectivity index (χ4n) is 3.56. The monoisotopic (exact) mass is 388 g/mol. The van der Waals surface area contributed by atoms with Gasteiger partial charge in [0.1, 0.15) is 12.2 Å². The first-order valence-electron chi connectivity index (χ1n) is 8.71. The van der Waals surface area contributed by atoms with E-state index in [1.165, 1.54) is 19.2 Å². The Labute approximate surface area is 160 Å². The molecular formula is C20H20O8. The van der Waals surface area contributed by atoms with E-state index in [1.54, 1.807) is 24.3 Å². The van der Waals surface area contributed by atoms with Crippen LogP contribution in [0.3, 0.4) is 0 Å². The molecule has 8 heteroatoms. The molecule has 0 amide bonds. The normalized spacial score (nSPS) is 25.6. The van der Waals surface area contributed by atoms with E-state index in [0.29, 0.717) is 22.6 Å². The highest BCUT2D eigenvalue weighted by atomic mass is 16.7. The largest absolute Gasteiger partial charge is 0.504 e. The first-order chi connectivity index (χ1) is 13.3. The molecule has 2 aliphatic rings. The standard InChI is InChI=1S/C20H20O8/c1-25-16-6-13(2-4-14(16)21)9-20(24)18(22)26-10-19(20,23)8-12-3-5-15-17(7-12)28-11-27-15/h2-7,21,23-24H,8-11H2,1H3/t19-,20-/m1/s1. The molecule has 0 bridgehead atoms. The number of methoxy groups -OCH3 is 1. The van der Waals surface area contributed by atoms with Crippen LogP contribution in [0.4, 0.5) is 0 Å². The fraction of sp³-hybridized carbons (Fsp3) is 0.350. The maximum atomic E-state index is 12.4. The van der Waals surface area contributed by atoms with Crippen molar-refractivity contribution in [2.45, 2.75) is 24.0 Å². The smallest absolute Gasteiger partial charge is 0.341 e. The average Bonchev–Trinajstić information content (AvgIpc) is 3.22. The molecule has 0 aromatic heterocycles. The number of hydrogen-bond donors (Lipinski definition) is 3. The Morgan fingerprint density at radius 2 is 1.71 bits per heavy atom. The Morgan fingerprint density at radius 3 is 2.50 bits per heavy atom. The SMILES string of the molecule is COc1cc(C[C@@]2(O)C(=O)OC[C@]2(O)Cc2ccc3c(c2)OCO3)ccc1O. The molecule has 4 rings (SSSR count). The van der Waals surface area contributed by atoms with Gasteiger partial charge in [-0.05, 0) is 35.4 Å². The average molecular weight is 388 g/mol. The number of phenolic OH excluding ortho intramolecular Hbond substituents is 1. The molecule has 0 radical (unpaired) electrons. The third-order valence-corrected chi connectivity index (χ3v) is 5.19. The van der Waals surface area contributed by atoms with Gasteiger partial charge in [0.25, 0.3) is 0 Å². The van der Waals surface area contributed by atoms with Gasteiger partial charge in [-0.2, -0.15) is 0 Å². The van der Waals surface area contributed by atoms with Gasteiger partial charge < -0.3 is 34.3 Å². The van der Waals surface area contributed by atoms with E-state index in [2.05, 4.69) is 0 Å². The number of phenols is 1. The zero-order valence-electron chi connectivity index (χ0n) is 15.2. The highest BCUT2D eigenvalue weighted by Gasteiger charge is 2.61. The van der Waals surface area contributed by atoms with Crippen LogP contribution in [0.5, 0.6) is 23.0 Å². The van der Waals surface area contributed by atoms with E-state index in [-0.39, 0.29) is 37.7 Å². The minimum absolute atomic E-state index is 0.0267. The van der Waals surface area contributed by atoms with Crippen LogP contribution >= 0.6 is 0 Å². The Bertz CT molecular complexity index is 926. The van der Waals surface area contributed by atoms with Crippen LogP contribution in [0.1, 0.15) is 11.1 Å². The highest BCUT2D eigenvalue weighted by molar-refractivity contribution is 5.84. The van der Waals surface area contributed by atoms with E-state index in [1.807, 2.05) is 0 Å². The molecule has 28 heavy (non-hydrogen) atoms. The molecule has 8 nitrogen and oxygen atoms in total. The summed E-state index contributed by atoms with van der Waals surface area (Å²) < 4.78 is 20.7. The number of cyclic esters (lactones) is 1. The third kappa shape index (κ3) is 2.90. The van der Waals surface area contributed by atoms with Crippen molar-refractivity contribution in [1.29, 1.82) is 0 Å². The minimum atomic E-state index is -2.16. The summed E-state index contributed by atoms with van der Waals surface area (Å²) in [6.45, 7) is -0.219. The summed E-state index contributed by atoms with van der Waals surface area (Å²) in [7, 11) is 1.40. The van der Waals surface area contributed by atoms with E-state index in [4.69, 9.17) is 18.9 Å². The molecule has 2 aromatic carbocycles. The molecule has 1 fully saturated rings. The van der Waals surface area contributed by atoms with Crippen LogP contribution in [-0.4, -0.2) is 53.0 Å². The quantitative estimate of drug-likeness (QED) is 0.648. The van der Waals surface area contributed by atoms with Crippen LogP contribution in [0.15, 0.2) is 36.4 Å². The zero-order valence-corrected chi connectivity index (χ0v) is 15.2. The van der Waals surface area contributed by atoms with Crippen LogP contribution < -0.4 is 14.2 Å². The molecule has 0 saturated carbocycles. The summed E-state index contributed by atoms with van der Waals surface area (Å²) >= 11 is 0. The van der Waals surface area contributed by atoms with Crippen molar-refractivity contribution in [3.63, 3.8) is 0 Å². The number of rotatable bonds is 5. The molecule has 1 saturated heterocycles. The van der Waals surface area contributed by atoms with Crippen LogP contribution in [0.25, 0.3) is 0 Å².